The van der Waals surface area contributed by atoms with Crippen LogP contribution in [0.2, 0.25) is 0 Å². The van der Waals surface area contributed by atoms with E-state index in [9.17, 15) is 9.59 Å². The number of methoxy groups -OCH3 is 1. The number of amides is 1. The average Bonchev–Trinajstić information content (AvgIpc) is 3.44. The first-order valence-electron chi connectivity index (χ1n) is 11.9. The van der Waals surface area contributed by atoms with Crippen molar-refractivity contribution in [3.05, 3.63) is 100 Å². The first kappa shape index (κ1) is 22.8. The molecule has 0 bridgehead atoms. The molecule has 1 saturated heterocycles. The van der Waals surface area contributed by atoms with Crippen molar-refractivity contribution in [1.29, 1.82) is 0 Å². The highest BCUT2D eigenvalue weighted by Gasteiger charge is 2.25. The molecule has 1 fully saturated rings. The third kappa shape index (κ3) is 4.68. The number of nitrogens with one attached hydrogen (secondary N) is 1. The molecule has 0 saturated carbocycles. The van der Waals surface area contributed by atoms with E-state index in [1.54, 1.807) is 37.4 Å². The Bertz CT molecular complexity index is 1390. The van der Waals surface area contributed by atoms with Crippen molar-refractivity contribution < 1.29 is 9.53 Å². The van der Waals surface area contributed by atoms with Crippen molar-refractivity contribution in [1.82, 2.24) is 20.0 Å². The molecule has 0 spiro atoms. The van der Waals surface area contributed by atoms with Gasteiger partial charge in [-0.3, -0.25) is 14.5 Å². The second-order valence-electron chi connectivity index (χ2n) is 8.69. The molecular weight excluding hydrogens is 440 g/mol. The van der Waals surface area contributed by atoms with Gasteiger partial charge in [-0.15, -0.1) is 0 Å². The average molecular weight is 469 g/mol. The van der Waals surface area contributed by atoms with Crippen molar-refractivity contribution in [3.8, 4) is 11.4 Å². The lowest BCUT2D eigenvalue weighted by Gasteiger charge is -2.28. The lowest BCUT2D eigenvalue weighted by atomic mass is 10.0. The van der Waals surface area contributed by atoms with Crippen LogP contribution in [-0.4, -0.2) is 47.3 Å². The van der Waals surface area contributed by atoms with Crippen LogP contribution in [0.5, 0.6) is 5.75 Å². The van der Waals surface area contributed by atoms with Gasteiger partial charge in [-0.2, -0.15) is 9.78 Å². The molecule has 1 aromatic heterocycles. The number of carbonyl (C=O) groups is 1. The fourth-order valence-electron chi connectivity index (χ4n) is 4.73. The second kappa shape index (κ2) is 10.1. The van der Waals surface area contributed by atoms with Crippen molar-refractivity contribution in [3.63, 3.8) is 0 Å². The first-order chi connectivity index (χ1) is 17.2. The van der Waals surface area contributed by atoms with E-state index in [1.165, 1.54) is 4.68 Å². The maximum Gasteiger partial charge on any atom is 0.279 e. The Hall–Kier alpha value is -3.97. The summed E-state index contributed by atoms with van der Waals surface area (Å²) in [6, 6.07) is 24.3. The molecule has 1 aliphatic rings. The van der Waals surface area contributed by atoms with Gasteiger partial charge in [0.15, 0.2) is 5.69 Å². The summed E-state index contributed by atoms with van der Waals surface area (Å²) in [7, 11) is 1.66. The van der Waals surface area contributed by atoms with E-state index in [0.717, 1.165) is 37.2 Å². The highest BCUT2D eigenvalue weighted by atomic mass is 16.5. The number of rotatable bonds is 7. The number of ether oxygens (including phenoxy) is 1. The monoisotopic (exact) mass is 468 g/mol. The Kier molecular flexibility index (Phi) is 6.59. The minimum Gasteiger partial charge on any atom is -0.497 e. The number of hydrogen-bond donors (Lipinski definition) is 1. The van der Waals surface area contributed by atoms with Gasteiger partial charge in [0.2, 0.25) is 0 Å². The van der Waals surface area contributed by atoms with E-state index < -0.39 is 0 Å². The molecule has 2 heterocycles. The molecular formula is C28H28N4O3. The van der Waals surface area contributed by atoms with Gasteiger partial charge in [-0.1, -0.05) is 48.5 Å². The van der Waals surface area contributed by atoms with Gasteiger partial charge < -0.3 is 10.1 Å². The van der Waals surface area contributed by atoms with Crippen LogP contribution >= 0.6 is 0 Å². The van der Waals surface area contributed by atoms with Crippen LogP contribution in [0.25, 0.3) is 16.5 Å². The van der Waals surface area contributed by atoms with Crippen molar-refractivity contribution in [2.45, 2.75) is 18.9 Å². The van der Waals surface area contributed by atoms with Crippen molar-refractivity contribution in [2.24, 2.45) is 0 Å². The molecule has 7 heteroatoms. The Morgan fingerprint density at radius 2 is 1.69 bits per heavy atom. The maximum absolute atomic E-state index is 13.5. The van der Waals surface area contributed by atoms with Gasteiger partial charge in [0, 0.05) is 11.9 Å². The van der Waals surface area contributed by atoms with E-state index in [-0.39, 0.29) is 23.2 Å². The largest absolute Gasteiger partial charge is 0.497 e. The third-order valence-corrected chi connectivity index (χ3v) is 6.54. The molecule has 0 radical (unpaired) electrons. The number of carbonyl (C=O) groups excluding carboxylic acids is 1. The van der Waals surface area contributed by atoms with Gasteiger partial charge in [-0.25, -0.2) is 0 Å². The topological polar surface area (TPSA) is 76.5 Å². The Labute approximate surface area is 204 Å². The Morgan fingerprint density at radius 1 is 0.971 bits per heavy atom. The van der Waals surface area contributed by atoms with Crippen LogP contribution in [0.15, 0.2) is 83.7 Å². The van der Waals surface area contributed by atoms with Crippen molar-refractivity contribution in [2.75, 3.05) is 26.7 Å². The second-order valence-corrected chi connectivity index (χ2v) is 8.69. The predicted molar refractivity (Wildman–Crippen MR) is 136 cm³/mol. The summed E-state index contributed by atoms with van der Waals surface area (Å²) < 4.78 is 6.73. The summed E-state index contributed by atoms with van der Waals surface area (Å²) in [5.74, 6) is 0.485. The van der Waals surface area contributed by atoms with Crippen LogP contribution in [0.3, 0.4) is 0 Å². The number of hydrogen-bond acceptors (Lipinski definition) is 5. The quantitative estimate of drug-likeness (QED) is 0.444. The number of fused-ring (bicyclic) bond motifs is 1. The summed E-state index contributed by atoms with van der Waals surface area (Å²) >= 11 is 0. The zero-order valence-electron chi connectivity index (χ0n) is 19.7. The fraction of sp³-hybridized carbons (Fsp3) is 0.250. The van der Waals surface area contributed by atoms with Crippen LogP contribution in [0.4, 0.5) is 0 Å². The Morgan fingerprint density at radius 3 is 2.43 bits per heavy atom. The summed E-state index contributed by atoms with van der Waals surface area (Å²) in [5.41, 5.74) is 1.69. The van der Waals surface area contributed by atoms with E-state index in [0.29, 0.717) is 23.0 Å². The van der Waals surface area contributed by atoms with Gasteiger partial charge in [0.05, 0.1) is 24.2 Å². The minimum absolute atomic E-state index is 0.0165. The highest BCUT2D eigenvalue weighted by molar-refractivity contribution is 6.04. The van der Waals surface area contributed by atoms with Gasteiger partial charge in [0.1, 0.15) is 5.75 Å². The predicted octanol–water partition coefficient (Wildman–Crippen LogP) is 3.96. The minimum atomic E-state index is -0.307. The molecule has 1 aliphatic heterocycles. The zero-order valence-corrected chi connectivity index (χ0v) is 19.7. The molecule has 1 N–H and O–H groups in total. The molecule has 178 valence electrons. The van der Waals surface area contributed by atoms with E-state index in [1.807, 2.05) is 42.5 Å². The molecule has 1 amide bonds. The molecule has 4 aromatic rings. The maximum atomic E-state index is 13.5. The standard InChI is InChI=1S/C28H28N4O3/c1-35-22-13-9-10-20(18-22)25(31-16-7-8-17-31)19-29-27(33)26-23-14-5-6-15-24(23)28(34)32(30-26)21-11-3-2-4-12-21/h2-6,9-15,18,25H,7-8,16-17,19H2,1H3,(H,29,33). The normalized spacial score (nSPS) is 14.7. The van der Waals surface area contributed by atoms with Gasteiger partial charge >= 0.3 is 0 Å². The van der Waals surface area contributed by atoms with Gasteiger partial charge in [-0.05, 0) is 61.8 Å². The number of likely N-dealkylation sites (tertiary alicyclic amines) is 1. The molecule has 1 unspecified atom stereocenters. The number of para-hydroxylation sites is 1. The van der Waals surface area contributed by atoms with E-state index in [2.05, 4.69) is 21.4 Å². The highest BCUT2D eigenvalue weighted by Crippen LogP contribution is 2.27. The number of aromatic nitrogens is 2. The molecule has 5 rings (SSSR count). The van der Waals surface area contributed by atoms with E-state index >= 15 is 0 Å². The third-order valence-electron chi connectivity index (χ3n) is 6.54. The van der Waals surface area contributed by atoms with Crippen LogP contribution < -0.4 is 15.6 Å². The summed E-state index contributed by atoms with van der Waals surface area (Å²) in [6.07, 6.45) is 2.28. The number of benzene rings is 3. The first-order valence-corrected chi connectivity index (χ1v) is 11.9. The SMILES string of the molecule is COc1cccc(C(CNC(=O)c2nn(-c3ccccc3)c(=O)c3ccccc23)N2CCCC2)c1. The van der Waals surface area contributed by atoms with Crippen LogP contribution in [-0.2, 0) is 0 Å². The smallest absolute Gasteiger partial charge is 0.279 e. The molecule has 1 atom stereocenters. The molecule has 0 aliphatic carbocycles. The molecule has 35 heavy (non-hydrogen) atoms. The fourth-order valence-corrected chi connectivity index (χ4v) is 4.73. The zero-order chi connectivity index (χ0) is 24.2. The Balaban J connectivity index is 1.48. The van der Waals surface area contributed by atoms with Crippen LogP contribution in [0, 0.1) is 0 Å². The summed E-state index contributed by atoms with van der Waals surface area (Å²) in [4.78, 5) is 29.0. The van der Waals surface area contributed by atoms with E-state index in [4.69, 9.17) is 4.74 Å². The van der Waals surface area contributed by atoms with Crippen molar-refractivity contribution >= 4 is 16.7 Å². The summed E-state index contributed by atoms with van der Waals surface area (Å²) in [5, 5.41) is 8.61. The molecule has 7 nitrogen and oxygen atoms in total. The van der Waals surface area contributed by atoms with Crippen LogP contribution in [0.1, 0.15) is 34.9 Å². The number of nitrogens with zero attached hydrogens (tertiary/aromatic N) is 3. The molecule has 3 aromatic carbocycles. The lowest BCUT2D eigenvalue weighted by Crippen LogP contribution is -2.38. The van der Waals surface area contributed by atoms with Gasteiger partial charge in [0.25, 0.3) is 11.5 Å². The summed E-state index contributed by atoms with van der Waals surface area (Å²) in [6.45, 7) is 2.39. The lowest BCUT2D eigenvalue weighted by molar-refractivity contribution is 0.0933.